The minimum absolute atomic E-state index is 0.0367. The van der Waals surface area contributed by atoms with Gasteiger partial charge in [-0.1, -0.05) is 6.07 Å². The van der Waals surface area contributed by atoms with Crippen molar-refractivity contribution in [1.82, 2.24) is 10.3 Å². The molecular formula is C19H25N3O5S2. The highest BCUT2D eigenvalue weighted by Crippen LogP contribution is 2.18. The van der Waals surface area contributed by atoms with Gasteiger partial charge in [0.05, 0.1) is 18.7 Å². The van der Waals surface area contributed by atoms with Crippen LogP contribution in [0.25, 0.3) is 0 Å². The third-order valence-electron chi connectivity index (χ3n) is 3.41. The van der Waals surface area contributed by atoms with Crippen molar-refractivity contribution >= 4 is 45.8 Å². The number of anilines is 1. The fourth-order valence-electron chi connectivity index (χ4n) is 2.29. The molecule has 2 aromatic rings. The standard InChI is InChI=1S/C19H25N3O5S2/c1-5-26-15(23)9-12-11-29-17(20-12)22-16(24)14(10-13-7-6-8-28-13)21-18(25)27-19(2,3)4/h6-8,11,14H,5,9-10H2,1-4H3,(H,21,25)(H,20,22,24). The SMILES string of the molecule is CCOC(=O)Cc1csc(NC(=O)C(Cc2cccs2)NC(=O)OC(C)(C)C)n1. The highest BCUT2D eigenvalue weighted by atomic mass is 32.1. The van der Waals surface area contributed by atoms with Crippen LogP contribution in [0, 0.1) is 0 Å². The predicted molar refractivity (Wildman–Crippen MR) is 112 cm³/mol. The molecule has 8 nitrogen and oxygen atoms in total. The van der Waals surface area contributed by atoms with Gasteiger partial charge in [0.15, 0.2) is 5.13 Å². The fraction of sp³-hybridized carbons (Fsp3) is 0.474. The van der Waals surface area contributed by atoms with Crippen LogP contribution >= 0.6 is 22.7 Å². The number of thiazole rings is 1. The van der Waals surface area contributed by atoms with Crippen LogP contribution < -0.4 is 10.6 Å². The summed E-state index contributed by atoms with van der Waals surface area (Å²) in [5, 5.41) is 9.25. The van der Waals surface area contributed by atoms with Crippen molar-refractivity contribution in [2.24, 2.45) is 0 Å². The van der Waals surface area contributed by atoms with Crippen molar-refractivity contribution in [2.45, 2.75) is 52.2 Å². The van der Waals surface area contributed by atoms with Crippen molar-refractivity contribution in [3.8, 4) is 0 Å². The van der Waals surface area contributed by atoms with E-state index in [2.05, 4.69) is 15.6 Å². The van der Waals surface area contributed by atoms with E-state index in [9.17, 15) is 14.4 Å². The molecule has 0 saturated heterocycles. The number of thiophene rings is 1. The number of carbonyl (C=O) groups is 3. The summed E-state index contributed by atoms with van der Waals surface area (Å²) in [6.45, 7) is 7.29. The zero-order valence-corrected chi connectivity index (χ0v) is 18.4. The summed E-state index contributed by atoms with van der Waals surface area (Å²) >= 11 is 2.69. The Morgan fingerprint density at radius 1 is 1.24 bits per heavy atom. The summed E-state index contributed by atoms with van der Waals surface area (Å²) in [4.78, 5) is 41.7. The van der Waals surface area contributed by atoms with Crippen molar-refractivity contribution in [1.29, 1.82) is 0 Å². The van der Waals surface area contributed by atoms with Gasteiger partial charge in [0, 0.05) is 16.7 Å². The van der Waals surface area contributed by atoms with Crippen molar-refractivity contribution in [2.75, 3.05) is 11.9 Å². The molecule has 158 valence electrons. The highest BCUT2D eigenvalue weighted by Gasteiger charge is 2.26. The normalized spacial score (nSPS) is 12.1. The lowest BCUT2D eigenvalue weighted by molar-refractivity contribution is -0.142. The quantitative estimate of drug-likeness (QED) is 0.611. The zero-order valence-electron chi connectivity index (χ0n) is 16.8. The first kappa shape index (κ1) is 22.8. The molecule has 0 aromatic carbocycles. The molecule has 2 rings (SSSR count). The van der Waals surface area contributed by atoms with Gasteiger partial charge in [-0.2, -0.15) is 0 Å². The lowest BCUT2D eigenvalue weighted by atomic mass is 10.1. The smallest absolute Gasteiger partial charge is 0.408 e. The van der Waals surface area contributed by atoms with E-state index in [1.165, 1.54) is 22.7 Å². The summed E-state index contributed by atoms with van der Waals surface area (Å²) in [7, 11) is 0. The first-order valence-electron chi connectivity index (χ1n) is 9.09. The summed E-state index contributed by atoms with van der Waals surface area (Å²) in [5.41, 5.74) is -0.163. The maximum absolute atomic E-state index is 12.8. The maximum Gasteiger partial charge on any atom is 0.408 e. The summed E-state index contributed by atoms with van der Waals surface area (Å²) in [6, 6.07) is 2.94. The molecule has 2 heterocycles. The predicted octanol–water partition coefficient (Wildman–Crippen LogP) is 3.38. The number of hydrogen-bond donors (Lipinski definition) is 2. The van der Waals surface area contributed by atoms with Gasteiger partial charge >= 0.3 is 12.1 Å². The second-order valence-corrected chi connectivity index (χ2v) is 8.99. The molecule has 0 aliphatic rings. The number of rotatable bonds is 8. The Labute approximate surface area is 177 Å². The Hall–Kier alpha value is -2.46. The van der Waals surface area contributed by atoms with E-state index < -0.39 is 23.6 Å². The van der Waals surface area contributed by atoms with Crippen molar-refractivity contribution < 1.29 is 23.9 Å². The average Bonchev–Trinajstić information content (AvgIpc) is 3.25. The van der Waals surface area contributed by atoms with Gasteiger partial charge in [0.25, 0.3) is 0 Å². The molecule has 2 aromatic heterocycles. The Bertz CT molecular complexity index is 827. The van der Waals surface area contributed by atoms with Gasteiger partial charge in [0.2, 0.25) is 5.91 Å². The van der Waals surface area contributed by atoms with Gasteiger partial charge in [-0.05, 0) is 39.1 Å². The van der Waals surface area contributed by atoms with E-state index in [0.717, 1.165) is 4.88 Å². The molecule has 2 amide bonds. The van der Waals surface area contributed by atoms with E-state index in [0.29, 0.717) is 23.9 Å². The van der Waals surface area contributed by atoms with Crippen LogP contribution in [-0.4, -0.2) is 41.2 Å². The van der Waals surface area contributed by atoms with Crippen LogP contribution in [0.4, 0.5) is 9.93 Å². The topological polar surface area (TPSA) is 107 Å². The van der Waals surface area contributed by atoms with Crippen LogP contribution in [0.5, 0.6) is 0 Å². The van der Waals surface area contributed by atoms with Crippen LogP contribution in [0.2, 0.25) is 0 Å². The number of ether oxygens (including phenoxy) is 2. The summed E-state index contributed by atoms with van der Waals surface area (Å²) in [5.74, 6) is -0.792. The van der Waals surface area contributed by atoms with Gasteiger partial charge in [-0.15, -0.1) is 22.7 Å². The third kappa shape index (κ3) is 8.20. The monoisotopic (exact) mass is 439 g/mol. The zero-order chi connectivity index (χ0) is 21.4. The van der Waals surface area contributed by atoms with Crippen molar-refractivity contribution in [3.63, 3.8) is 0 Å². The van der Waals surface area contributed by atoms with E-state index >= 15 is 0 Å². The number of nitrogens with one attached hydrogen (secondary N) is 2. The number of aromatic nitrogens is 1. The van der Waals surface area contributed by atoms with Crippen LogP contribution in [0.1, 0.15) is 38.3 Å². The van der Waals surface area contributed by atoms with Gasteiger partial charge in [0.1, 0.15) is 11.6 Å². The first-order valence-corrected chi connectivity index (χ1v) is 10.8. The van der Waals surface area contributed by atoms with Crippen molar-refractivity contribution in [3.05, 3.63) is 33.5 Å². The van der Waals surface area contributed by atoms with E-state index in [4.69, 9.17) is 9.47 Å². The Morgan fingerprint density at radius 2 is 2.00 bits per heavy atom. The second kappa shape index (κ2) is 10.4. The number of hydrogen-bond acceptors (Lipinski definition) is 8. The average molecular weight is 440 g/mol. The van der Waals surface area contributed by atoms with E-state index in [-0.39, 0.29) is 12.4 Å². The third-order valence-corrected chi connectivity index (χ3v) is 5.11. The van der Waals surface area contributed by atoms with E-state index in [1.807, 2.05) is 17.5 Å². The summed E-state index contributed by atoms with van der Waals surface area (Å²) < 4.78 is 10.2. The molecule has 0 aliphatic heterocycles. The van der Waals surface area contributed by atoms with Crippen LogP contribution in [-0.2, 0) is 31.9 Å². The molecule has 0 bridgehead atoms. The molecular weight excluding hydrogens is 414 g/mol. The molecule has 0 fully saturated rings. The molecule has 0 aliphatic carbocycles. The molecule has 10 heteroatoms. The Morgan fingerprint density at radius 3 is 2.62 bits per heavy atom. The number of nitrogens with zero attached hydrogens (tertiary/aromatic N) is 1. The Kier molecular flexibility index (Phi) is 8.15. The summed E-state index contributed by atoms with van der Waals surface area (Å²) in [6.07, 6.45) is -0.310. The van der Waals surface area contributed by atoms with Gasteiger partial charge < -0.3 is 20.1 Å². The van der Waals surface area contributed by atoms with E-state index in [1.54, 1.807) is 33.1 Å². The molecule has 29 heavy (non-hydrogen) atoms. The van der Waals surface area contributed by atoms with Gasteiger partial charge in [-0.3, -0.25) is 9.59 Å². The number of alkyl carbamates (subject to hydrolysis) is 1. The minimum atomic E-state index is -0.832. The van der Waals surface area contributed by atoms with Crippen LogP contribution in [0.3, 0.4) is 0 Å². The molecule has 1 unspecified atom stereocenters. The minimum Gasteiger partial charge on any atom is -0.466 e. The van der Waals surface area contributed by atoms with Crippen LogP contribution in [0.15, 0.2) is 22.9 Å². The maximum atomic E-state index is 12.8. The lowest BCUT2D eigenvalue weighted by Crippen LogP contribution is -2.46. The number of esters is 1. The fourth-order valence-corrected chi connectivity index (χ4v) is 3.75. The van der Waals surface area contributed by atoms with Gasteiger partial charge in [-0.25, -0.2) is 9.78 Å². The number of carbonyl (C=O) groups excluding carboxylic acids is 3. The molecule has 0 radical (unpaired) electrons. The largest absolute Gasteiger partial charge is 0.466 e. The Balaban J connectivity index is 2.03. The second-order valence-electron chi connectivity index (χ2n) is 7.10. The first-order chi connectivity index (χ1) is 13.7. The lowest BCUT2D eigenvalue weighted by Gasteiger charge is -2.23. The molecule has 2 N–H and O–H groups in total. The molecule has 0 saturated carbocycles. The molecule has 1 atom stereocenters. The molecule has 0 spiro atoms. The number of amides is 2. The highest BCUT2D eigenvalue weighted by molar-refractivity contribution is 7.14.